The zero-order valence-corrected chi connectivity index (χ0v) is 14.2. The molecule has 0 bridgehead atoms. The second-order valence-electron chi connectivity index (χ2n) is 6.08. The molecule has 24 heavy (non-hydrogen) atoms. The quantitative estimate of drug-likeness (QED) is 0.664. The molecule has 0 radical (unpaired) electrons. The van der Waals surface area contributed by atoms with Gasteiger partial charge in [0, 0.05) is 24.3 Å². The van der Waals surface area contributed by atoms with Crippen molar-refractivity contribution in [1.82, 2.24) is 4.90 Å². The Kier molecular flexibility index (Phi) is 6.35. The van der Waals surface area contributed by atoms with Gasteiger partial charge in [0.25, 0.3) is 5.91 Å². The summed E-state index contributed by atoms with van der Waals surface area (Å²) in [7, 11) is 0. The van der Waals surface area contributed by atoms with Gasteiger partial charge in [-0.1, -0.05) is 6.92 Å². The number of carbonyl (C=O) groups excluding carboxylic acids is 3. The van der Waals surface area contributed by atoms with Gasteiger partial charge < -0.3 is 15.0 Å². The van der Waals surface area contributed by atoms with E-state index < -0.39 is 11.9 Å². The molecular weight excluding hydrogens is 308 g/mol. The van der Waals surface area contributed by atoms with E-state index in [1.807, 2.05) is 4.90 Å². The molecule has 0 saturated carbocycles. The smallest absolute Gasteiger partial charge is 0.315 e. The maximum Gasteiger partial charge on any atom is 0.315 e. The van der Waals surface area contributed by atoms with Crippen molar-refractivity contribution in [3.05, 3.63) is 29.8 Å². The maximum absolute atomic E-state index is 12.4. The van der Waals surface area contributed by atoms with Gasteiger partial charge in [-0.05, 0) is 49.9 Å². The minimum atomic E-state index is -0.555. The summed E-state index contributed by atoms with van der Waals surface area (Å²) in [5, 5.41) is 2.62. The normalized spacial score (nSPS) is 15.0. The van der Waals surface area contributed by atoms with E-state index in [1.165, 1.54) is 0 Å². The van der Waals surface area contributed by atoms with Gasteiger partial charge in [-0.15, -0.1) is 0 Å². The number of nitrogens with zero attached hydrogens (tertiary/aromatic N) is 1. The second kappa shape index (κ2) is 8.47. The molecule has 6 heteroatoms. The first-order valence-electron chi connectivity index (χ1n) is 8.34. The van der Waals surface area contributed by atoms with Gasteiger partial charge in [0.1, 0.15) is 6.42 Å². The molecule has 1 aromatic carbocycles. The fourth-order valence-corrected chi connectivity index (χ4v) is 2.64. The van der Waals surface area contributed by atoms with Crippen molar-refractivity contribution in [3.8, 4) is 0 Å². The molecule has 0 atom stereocenters. The van der Waals surface area contributed by atoms with Gasteiger partial charge in [-0.3, -0.25) is 14.4 Å². The molecule has 1 aliphatic heterocycles. The maximum atomic E-state index is 12.4. The van der Waals surface area contributed by atoms with Crippen molar-refractivity contribution in [2.24, 2.45) is 5.92 Å². The van der Waals surface area contributed by atoms with Crippen LogP contribution in [0.5, 0.6) is 0 Å². The number of carbonyl (C=O) groups is 3. The van der Waals surface area contributed by atoms with Crippen LogP contribution in [0.1, 0.15) is 43.5 Å². The number of piperidine rings is 1. The van der Waals surface area contributed by atoms with E-state index in [-0.39, 0.29) is 18.9 Å². The lowest BCUT2D eigenvalue weighted by atomic mass is 9.98. The molecule has 0 spiro atoms. The molecule has 6 nitrogen and oxygen atoms in total. The van der Waals surface area contributed by atoms with Gasteiger partial charge in [-0.25, -0.2) is 0 Å². The van der Waals surface area contributed by atoms with E-state index in [4.69, 9.17) is 4.74 Å². The van der Waals surface area contributed by atoms with E-state index in [0.29, 0.717) is 17.2 Å². The zero-order chi connectivity index (χ0) is 17.5. The van der Waals surface area contributed by atoms with Gasteiger partial charge in [0.2, 0.25) is 5.91 Å². The van der Waals surface area contributed by atoms with Crippen LogP contribution in [0.2, 0.25) is 0 Å². The largest absolute Gasteiger partial charge is 0.466 e. The molecule has 1 aromatic rings. The summed E-state index contributed by atoms with van der Waals surface area (Å²) < 4.78 is 4.73. The lowest BCUT2D eigenvalue weighted by molar-refractivity contribution is -0.145. The summed E-state index contributed by atoms with van der Waals surface area (Å²) in [4.78, 5) is 37.3. The Labute approximate surface area is 142 Å². The van der Waals surface area contributed by atoms with Crippen LogP contribution in [0.4, 0.5) is 5.69 Å². The first kappa shape index (κ1) is 18.0. The van der Waals surface area contributed by atoms with E-state index in [0.717, 1.165) is 25.9 Å². The highest BCUT2D eigenvalue weighted by Gasteiger charge is 2.21. The van der Waals surface area contributed by atoms with Crippen LogP contribution in [0, 0.1) is 5.92 Å². The predicted octanol–water partition coefficient (Wildman–Crippen LogP) is 2.45. The van der Waals surface area contributed by atoms with Gasteiger partial charge in [0.15, 0.2) is 0 Å². The number of esters is 1. The third-order valence-corrected chi connectivity index (χ3v) is 4.10. The van der Waals surface area contributed by atoms with Crippen LogP contribution in [-0.2, 0) is 14.3 Å². The third-order valence-electron chi connectivity index (χ3n) is 4.10. The summed E-state index contributed by atoms with van der Waals surface area (Å²) in [5.74, 6) is -0.295. The SMILES string of the molecule is CCOC(=O)CC(=O)Nc1ccc(C(=O)N2CCC(C)CC2)cc1. The van der Waals surface area contributed by atoms with E-state index in [9.17, 15) is 14.4 Å². The highest BCUT2D eigenvalue weighted by molar-refractivity contribution is 6.02. The molecule has 1 saturated heterocycles. The lowest BCUT2D eigenvalue weighted by Crippen LogP contribution is -2.37. The Hall–Kier alpha value is -2.37. The van der Waals surface area contributed by atoms with Crippen LogP contribution in [0.3, 0.4) is 0 Å². The fraction of sp³-hybridized carbons (Fsp3) is 0.500. The Morgan fingerprint density at radius 1 is 1.17 bits per heavy atom. The number of hydrogen-bond acceptors (Lipinski definition) is 4. The Balaban J connectivity index is 1.89. The molecule has 0 aliphatic carbocycles. The number of anilines is 1. The first-order chi connectivity index (χ1) is 11.5. The Bertz CT molecular complexity index is 590. The summed E-state index contributed by atoms with van der Waals surface area (Å²) in [5.41, 5.74) is 1.15. The number of likely N-dealkylation sites (tertiary alicyclic amines) is 1. The summed E-state index contributed by atoms with van der Waals surface area (Å²) in [6.07, 6.45) is 1.75. The second-order valence-corrected chi connectivity index (χ2v) is 6.08. The average Bonchev–Trinajstić information content (AvgIpc) is 2.55. The van der Waals surface area contributed by atoms with E-state index >= 15 is 0 Å². The summed E-state index contributed by atoms with van der Waals surface area (Å²) in [6.45, 7) is 5.72. The minimum absolute atomic E-state index is 0.0197. The summed E-state index contributed by atoms with van der Waals surface area (Å²) in [6, 6.07) is 6.73. The van der Waals surface area contributed by atoms with Crippen molar-refractivity contribution >= 4 is 23.5 Å². The zero-order valence-electron chi connectivity index (χ0n) is 14.2. The topological polar surface area (TPSA) is 75.7 Å². The molecule has 1 fully saturated rings. The monoisotopic (exact) mass is 332 g/mol. The molecule has 130 valence electrons. The molecule has 1 aliphatic rings. The molecule has 0 unspecified atom stereocenters. The molecule has 1 N–H and O–H groups in total. The third kappa shape index (κ3) is 5.08. The van der Waals surface area contributed by atoms with Crippen LogP contribution >= 0.6 is 0 Å². The van der Waals surface area contributed by atoms with Gasteiger partial charge in [0.05, 0.1) is 6.61 Å². The van der Waals surface area contributed by atoms with Crippen molar-refractivity contribution < 1.29 is 19.1 Å². The lowest BCUT2D eigenvalue weighted by Gasteiger charge is -2.30. The average molecular weight is 332 g/mol. The molecule has 2 amide bonds. The number of amides is 2. The van der Waals surface area contributed by atoms with Crippen LogP contribution in [-0.4, -0.2) is 42.4 Å². The van der Waals surface area contributed by atoms with E-state index in [1.54, 1.807) is 31.2 Å². The Morgan fingerprint density at radius 3 is 2.38 bits per heavy atom. The summed E-state index contributed by atoms with van der Waals surface area (Å²) >= 11 is 0. The standard InChI is InChI=1S/C18H24N2O4/c1-3-24-17(22)12-16(21)19-15-6-4-14(5-7-15)18(23)20-10-8-13(2)9-11-20/h4-7,13H,3,8-12H2,1-2H3,(H,19,21). The van der Waals surface area contributed by atoms with Gasteiger partial charge in [-0.2, -0.15) is 0 Å². The van der Waals surface area contributed by atoms with Crippen molar-refractivity contribution in [2.75, 3.05) is 25.0 Å². The van der Waals surface area contributed by atoms with Crippen molar-refractivity contribution in [1.29, 1.82) is 0 Å². The molecule has 1 heterocycles. The van der Waals surface area contributed by atoms with Crippen LogP contribution in [0.25, 0.3) is 0 Å². The predicted molar refractivity (Wildman–Crippen MR) is 90.6 cm³/mol. The number of rotatable bonds is 5. The van der Waals surface area contributed by atoms with E-state index in [2.05, 4.69) is 12.2 Å². The van der Waals surface area contributed by atoms with Crippen molar-refractivity contribution in [3.63, 3.8) is 0 Å². The number of nitrogens with one attached hydrogen (secondary N) is 1. The van der Waals surface area contributed by atoms with Crippen LogP contribution in [0.15, 0.2) is 24.3 Å². The fourth-order valence-electron chi connectivity index (χ4n) is 2.64. The number of benzene rings is 1. The molecule has 0 aromatic heterocycles. The number of ether oxygens (including phenoxy) is 1. The molecule has 2 rings (SSSR count). The highest BCUT2D eigenvalue weighted by atomic mass is 16.5. The van der Waals surface area contributed by atoms with Crippen molar-refractivity contribution in [2.45, 2.75) is 33.1 Å². The first-order valence-corrected chi connectivity index (χ1v) is 8.34. The minimum Gasteiger partial charge on any atom is -0.466 e. The van der Waals surface area contributed by atoms with Crippen LogP contribution < -0.4 is 5.32 Å². The highest BCUT2D eigenvalue weighted by Crippen LogP contribution is 2.19. The number of hydrogen-bond donors (Lipinski definition) is 1. The molecular formula is C18H24N2O4. The Morgan fingerprint density at radius 2 is 1.79 bits per heavy atom. The van der Waals surface area contributed by atoms with Gasteiger partial charge >= 0.3 is 5.97 Å².